The number of hydrogen-bond donors (Lipinski definition) is 1. The highest BCUT2D eigenvalue weighted by Gasteiger charge is 2.10. The molecule has 0 atom stereocenters. The third-order valence-electron chi connectivity index (χ3n) is 1.73. The van der Waals surface area contributed by atoms with Gasteiger partial charge in [0, 0.05) is 14.1 Å². The third-order valence-corrected chi connectivity index (χ3v) is 1.73. The molecule has 0 spiro atoms. The highest BCUT2D eigenvalue weighted by Crippen LogP contribution is 2.04. The number of halogens is 2. The first-order valence-corrected chi connectivity index (χ1v) is 4.58. The number of amides is 1. The van der Waals surface area contributed by atoms with Crippen LogP contribution in [0.1, 0.15) is 10.5 Å². The number of nitrogens with one attached hydrogen (secondary N) is 1. The molecule has 1 aromatic heterocycles. The topological polar surface area (TPSA) is 58.1 Å². The molecule has 0 aliphatic rings. The molecule has 0 saturated heterocycles. The summed E-state index contributed by atoms with van der Waals surface area (Å²) in [6.45, 7) is -0.490. The summed E-state index contributed by atoms with van der Waals surface area (Å²) < 4.78 is 23.7. The molecule has 1 heterocycles. The monoisotopic (exact) mass is 230 g/mol. The minimum Gasteiger partial charge on any atom is -0.363 e. The fraction of sp³-hybridized carbons (Fsp3) is 0.444. The van der Waals surface area contributed by atoms with Crippen molar-refractivity contribution in [3.05, 3.63) is 17.8 Å². The molecule has 1 N–H and O–H groups in total. The molecule has 5 nitrogen and oxygen atoms in total. The normalized spacial score (nSPS) is 10.3. The van der Waals surface area contributed by atoms with E-state index in [0.717, 1.165) is 0 Å². The van der Waals surface area contributed by atoms with Gasteiger partial charge in [-0.25, -0.2) is 8.78 Å². The minimum absolute atomic E-state index is 0.174. The number of carbonyl (C=O) groups excluding carboxylic acids is 1. The van der Waals surface area contributed by atoms with Gasteiger partial charge < -0.3 is 10.2 Å². The van der Waals surface area contributed by atoms with Gasteiger partial charge in [-0.2, -0.15) is 0 Å². The highest BCUT2D eigenvalue weighted by molar-refractivity contribution is 5.91. The van der Waals surface area contributed by atoms with Crippen molar-refractivity contribution in [2.45, 2.75) is 6.43 Å². The van der Waals surface area contributed by atoms with Crippen LogP contribution in [0.25, 0.3) is 0 Å². The fourth-order valence-corrected chi connectivity index (χ4v) is 0.951. The van der Waals surface area contributed by atoms with Crippen molar-refractivity contribution >= 4 is 11.7 Å². The van der Waals surface area contributed by atoms with E-state index in [1.165, 1.54) is 17.0 Å². The zero-order valence-corrected chi connectivity index (χ0v) is 8.94. The SMILES string of the molecule is CN(C)C(=O)c1ccc(NCC(F)F)nn1. The van der Waals surface area contributed by atoms with Crippen molar-refractivity contribution in [1.29, 1.82) is 0 Å². The molecule has 1 amide bonds. The molecule has 7 heteroatoms. The molecular formula is C9H12F2N4O. The average Bonchev–Trinajstić information content (AvgIpc) is 2.26. The Bertz CT molecular complexity index is 353. The number of hydrogen-bond acceptors (Lipinski definition) is 4. The number of aromatic nitrogens is 2. The van der Waals surface area contributed by atoms with Crippen molar-refractivity contribution in [3.8, 4) is 0 Å². The molecule has 0 saturated carbocycles. The first-order valence-electron chi connectivity index (χ1n) is 4.58. The number of anilines is 1. The molecule has 0 aromatic carbocycles. The maximum atomic E-state index is 11.9. The first kappa shape index (κ1) is 12.3. The molecule has 0 unspecified atom stereocenters. The maximum absolute atomic E-state index is 11.9. The average molecular weight is 230 g/mol. The van der Waals surface area contributed by atoms with E-state index in [9.17, 15) is 13.6 Å². The Morgan fingerprint density at radius 1 is 1.44 bits per heavy atom. The molecule has 0 aliphatic heterocycles. The lowest BCUT2D eigenvalue weighted by molar-refractivity contribution is 0.0821. The van der Waals surface area contributed by atoms with Gasteiger partial charge >= 0.3 is 0 Å². The summed E-state index contributed by atoms with van der Waals surface area (Å²) in [5.41, 5.74) is 0.174. The summed E-state index contributed by atoms with van der Waals surface area (Å²) in [6, 6.07) is 2.87. The van der Waals surface area contributed by atoms with Crippen LogP contribution >= 0.6 is 0 Å². The molecule has 1 aromatic rings. The van der Waals surface area contributed by atoms with E-state index in [-0.39, 0.29) is 17.4 Å². The van der Waals surface area contributed by atoms with E-state index >= 15 is 0 Å². The molecule has 1 rings (SSSR count). The second-order valence-electron chi connectivity index (χ2n) is 3.28. The van der Waals surface area contributed by atoms with Gasteiger partial charge in [0.15, 0.2) is 5.69 Å². The van der Waals surface area contributed by atoms with E-state index in [1.54, 1.807) is 14.1 Å². The van der Waals surface area contributed by atoms with Crippen LogP contribution in [0.15, 0.2) is 12.1 Å². The highest BCUT2D eigenvalue weighted by atomic mass is 19.3. The lowest BCUT2D eigenvalue weighted by atomic mass is 10.3. The number of rotatable bonds is 4. The van der Waals surface area contributed by atoms with Crippen molar-refractivity contribution in [1.82, 2.24) is 15.1 Å². The summed E-state index contributed by atoms with van der Waals surface area (Å²) in [4.78, 5) is 12.8. The van der Waals surface area contributed by atoms with Crippen LogP contribution < -0.4 is 5.32 Å². The van der Waals surface area contributed by atoms with Gasteiger partial charge in [0.05, 0.1) is 6.54 Å². The summed E-state index contributed by atoms with van der Waals surface area (Å²) in [5.74, 6) is -0.0662. The quantitative estimate of drug-likeness (QED) is 0.833. The predicted octanol–water partition coefficient (Wildman–Crippen LogP) is 0.855. The Morgan fingerprint density at radius 2 is 2.12 bits per heavy atom. The second-order valence-corrected chi connectivity index (χ2v) is 3.28. The van der Waals surface area contributed by atoms with Gasteiger partial charge in [0.1, 0.15) is 5.82 Å². The zero-order chi connectivity index (χ0) is 12.1. The largest absolute Gasteiger partial charge is 0.363 e. The summed E-state index contributed by atoms with van der Waals surface area (Å²) >= 11 is 0. The molecule has 0 fully saturated rings. The molecule has 88 valence electrons. The number of nitrogens with zero attached hydrogens (tertiary/aromatic N) is 3. The van der Waals surface area contributed by atoms with Crippen LogP contribution in [0, 0.1) is 0 Å². The Labute approximate surface area is 91.5 Å². The fourth-order valence-electron chi connectivity index (χ4n) is 0.951. The van der Waals surface area contributed by atoms with Crippen LogP contribution in [0.3, 0.4) is 0 Å². The van der Waals surface area contributed by atoms with Gasteiger partial charge in [-0.15, -0.1) is 10.2 Å². The Hall–Kier alpha value is -1.79. The zero-order valence-electron chi connectivity index (χ0n) is 8.94. The first-order chi connectivity index (χ1) is 7.50. The van der Waals surface area contributed by atoms with Crippen LogP contribution in [0.2, 0.25) is 0 Å². The minimum atomic E-state index is -2.45. The van der Waals surface area contributed by atoms with Crippen LogP contribution in [-0.2, 0) is 0 Å². The summed E-state index contributed by atoms with van der Waals surface area (Å²) in [7, 11) is 3.18. The van der Waals surface area contributed by atoms with Crippen LogP contribution in [0.5, 0.6) is 0 Å². The van der Waals surface area contributed by atoms with E-state index in [1.807, 2.05) is 0 Å². The van der Waals surface area contributed by atoms with E-state index in [4.69, 9.17) is 0 Å². The van der Waals surface area contributed by atoms with Crippen molar-refractivity contribution in [3.63, 3.8) is 0 Å². The van der Waals surface area contributed by atoms with Crippen molar-refractivity contribution in [2.24, 2.45) is 0 Å². The predicted molar refractivity (Wildman–Crippen MR) is 54.5 cm³/mol. The molecular weight excluding hydrogens is 218 g/mol. The van der Waals surface area contributed by atoms with Gasteiger partial charge in [-0.3, -0.25) is 4.79 Å². The molecule has 0 aliphatic carbocycles. The van der Waals surface area contributed by atoms with Crippen molar-refractivity contribution < 1.29 is 13.6 Å². The third kappa shape index (κ3) is 3.41. The molecule has 16 heavy (non-hydrogen) atoms. The standard InChI is InChI=1S/C9H12F2N4O/c1-15(2)9(16)6-3-4-8(14-13-6)12-5-7(10)11/h3-4,7H,5H2,1-2H3,(H,12,14). The van der Waals surface area contributed by atoms with Gasteiger partial charge in [0.2, 0.25) is 0 Å². The number of alkyl halides is 2. The van der Waals surface area contributed by atoms with E-state index < -0.39 is 13.0 Å². The molecule has 0 bridgehead atoms. The van der Waals surface area contributed by atoms with Gasteiger partial charge in [-0.05, 0) is 12.1 Å². The lowest BCUT2D eigenvalue weighted by Gasteiger charge is -2.09. The van der Waals surface area contributed by atoms with E-state index in [0.29, 0.717) is 0 Å². The van der Waals surface area contributed by atoms with Crippen molar-refractivity contribution in [2.75, 3.05) is 26.0 Å². The van der Waals surface area contributed by atoms with E-state index in [2.05, 4.69) is 15.5 Å². The Balaban J connectivity index is 2.64. The Kier molecular flexibility index (Phi) is 4.10. The second kappa shape index (κ2) is 5.34. The van der Waals surface area contributed by atoms with Gasteiger partial charge in [-0.1, -0.05) is 0 Å². The maximum Gasteiger partial charge on any atom is 0.273 e. The van der Waals surface area contributed by atoms with Crippen LogP contribution in [0.4, 0.5) is 14.6 Å². The van der Waals surface area contributed by atoms with Crippen LogP contribution in [-0.4, -0.2) is 48.1 Å². The summed E-state index contributed by atoms with van der Waals surface area (Å²) in [5, 5.41) is 9.63. The number of carbonyl (C=O) groups is 1. The smallest absolute Gasteiger partial charge is 0.273 e. The Morgan fingerprint density at radius 3 is 2.56 bits per heavy atom. The summed E-state index contributed by atoms with van der Waals surface area (Å²) in [6.07, 6.45) is -2.45. The lowest BCUT2D eigenvalue weighted by Crippen LogP contribution is -2.23. The molecule has 0 radical (unpaired) electrons. The van der Waals surface area contributed by atoms with Gasteiger partial charge in [0.25, 0.3) is 12.3 Å².